The summed E-state index contributed by atoms with van der Waals surface area (Å²) in [7, 11) is 1.53. The minimum Gasteiger partial charge on any atom is -0.496 e. The van der Waals surface area contributed by atoms with Crippen molar-refractivity contribution >= 4 is 52.8 Å². The van der Waals surface area contributed by atoms with E-state index in [0.29, 0.717) is 17.0 Å². The van der Waals surface area contributed by atoms with E-state index in [1.165, 1.54) is 7.11 Å². The number of halogens is 3. The van der Waals surface area contributed by atoms with Crippen LogP contribution in [0.25, 0.3) is 6.08 Å². The number of benzene rings is 1. The Hall–Kier alpha value is -0.940. The first-order chi connectivity index (χ1) is 9.49. The number of hydrogen-bond donors (Lipinski definition) is 1. The lowest BCUT2D eigenvalue weighted by Gasteiger charge is -2.29. The first-order valence-electron chi connectivity index (χ1n) is 5.95. The van der Waals surface area contributed by atoms with E-state index in [9.17, 15) is 0 Å². The van der Waals surface area contributed by atoms with Crippen molar-refractivity contribution < 1.29 is 4.74 Å². The van der Waals surface area contributed by atoms with Crippen molar-refractivity contribution in [3.63, 3.8) is 0 Å². The lowest BCUT2D eigenvalue weighted by Crippen LogP contribution is -2.39. The Morgan fingerprint density at radius 3 is 2.70 bits per heavy atom. The number of ether oxygens (including phenoxy) is 1. The molecule has 0 spiro atoms. The molecule has 20 heavy (non-hydrogen) atoms. The third-order valence-corrected chi connectivity index (χ3v) is 3.41. The zero-order valence-electron chi connectivity index (χ0n) is 10.9. The number of rotatable bonds is 3. The van der Waals surface area contributed by atoms with Crippen molar-refractivity contribution in [2.75, 3.05) is 18.8 Å². The third-order valence-electron chi connectivity index (χ3n) is 2.84. The number of alkyl halides is 3. The molecule has 0 saturated heterocycles. The van der Waals surface area contributed by atoms with E-state index in [0.717, 1.165) is 18.5 Å². The summed E-state index contributed by atoms with van der Waals surface area (Å²) in [4.78, 5) is 0. The minimum atomic E-state index is -1.64. The Bertz CT molecular complexity index is 540. The van der Waals surface area contributed by atoms with Crippen molar-refractivity contribution in [3.05, 3.63) is 29.8 Å². The van der Waals surface area contributed by atoms with Gasteiger partial charge in [0, 0.05) is 18.3 Å². The second kappa shape index (κ2) is 6.22. The van der Waals surface area contributed by atoms with Gasteiger partial charge in [-0.2, -0.15) is 10.2 Å². The summed E-state index contributed by atoms with van der Waals surface area (Å²) in [5, 5.41) is 5.86. The molecule has 1 aliphatic rings. The monoisotopic (exact) mass is 333 g/mol. The molecule has 1 aromatic rings. The third kappa shape index (κ3) is 3.04. The number of methoxy groups -OCH3 is 1. The molecule has 0 aromatic heterocycles. The lowest BCUT2D eigenvalue weighted by atomic mass is 10.1. The van der Waals surface area contributed by atoms with Crippen molar-refractivity contribution in [2.45, 2.75) is 10.2 Å². The molecule has 1 N–H and O–H groups in total. The van der Waals surface area contributed by atoms with E-state index in [1.54, 1.807) is 23.5 Å². The van der Waals surface area contributed by atoms with Gasteiger partial charge in [0.1, 0.15) is 5.75 Å². The summed E-state index contributed by atoms with van der Waals surface area (Å²) in [5.41, 5.74) is 4.97. The highest BCUT2D eigenvalue weighted by Crippen LogP contribution is 2.49. The Morgan fingerprint density at radius 1 is 1.45 bits per heavy atom. The maximum absolute atomic E-state index is 6.11. The summed E-state index contributed by atoms with van der Waals surface area (Å²) in [6.45, 7) is 4.54. The van der Waals surface area contributed by atoms with Crippen LogP contribution in [0.15, 0.2) is 23.8 Å². The van der Waals surface area contributed by atoms with Crippen LogP contribution in [-0.4, -0.2) is 19.9 Å². The van der Waals surface area contributed by atoms with Gasteiger partial charge in [0.2, 0.25) is 3.79 Å². The molecule has 0 bridgehead atoms. The van der Waals surface area contributed by atoms with Gasteiger partial charge >= 0.3 is 0 Å². The molecule has 0 unspecified atom stereocenters. The lowest BCUT2D eigenvalue weighted by molar-refractivity contribution is 0.410. The van der Waals surface area contributed by atoms with Crippen LogP contribution in [-0.2, 0) is 3.79 Å². The van der Waals surface area contributed by atoms with Gasteiger partial charge in [-0.15, -0.1) is 0 Å². The number of anilines is 1. The number of hydrazone groups is 1. The molecule has 0 fully saturated rings. The van der Waals surface area contributed by atoms with Crippen LogP contribution >= 0.6 is 34.8 Å². The van der Waals surface area contributed by atoms with E-state index in [4.69, 9.17) is 39.5 Å². The Morgan fingerprint density at radius 2 is 2.20 bits per heavy atom. The van der Waals surface area contributed by atoms with E-state index < -0.39 is 3.79 Å². The molecule has 1 heterocycles. The largest absolute Gasteiger partial charge is 0.496 e. The first kappa shape index (κ1) is 15.4. The maximum atomic E-state index is 6.11. The van der Waals surface area contributed by atoms with Gasteiger partial charge < -0.3 is 4.74 Å². The van der Waals surface area contributed by atoms with Gasteiger partial charge in [-0.3, -0.25) is 0 Å². The van der Waals surface area contributed by atoms with Crippen molar-refractivity contribution in [1.82, 2.24) is 5.43 Å². The molecule has 0 atom stereocenters. The summed E-state index contributed by atoms with van der Waals surface area (Å²) >= 11 is 18.3. The maximum Gasteiger partial charge on any atom is 0.221 e. The average molecular weight is 335 g/mol. The Kier molecular flexibility index (Phi) is 4.81. The molecule has 1 aromatic carbocycles. The molecular weight excluding hydrogens is 321 g/mol. The highest BCUT2D eigenvalue weighted by atomic mass is 35.6. The van der Waals surface area contributed by atoms with Gasteiger partial charge in [-0.05, 0) is 18.6 Å². The summed E-state index contributed by atoms with van der Waals surface area (Å²) in [6, 6.07) is 3.58. The fourth-order valence-electron chi connectivity index (χ4n) is 1.98. The van der Waals surface area contributed by atoms with Gasteiger partial charge in [0.25, 0.3) is 0 Å². The molecule has 7 heteroatoms. The molecule has 0 saturated carbocycles. The zero-order chi connectivity index (χ0) is 14.8. The molecule has 2 rings (SSSR count). The topological polar surface area (TPSA) is 36.9 Å². The molecule has 0 aliphatic carbocycles. The predicted molar refractivity (Wildman–Crippen MR) is 85.9 cm³/mol. The molecule has 0 amide bonds. The van der Waals surface area contributed by atoms with E-state index in [-0.39, 0.29) is 0 Å². The van der Waals surface area contributed by atoms with Crippen LogP contribution in [0, 0.1) is 0 Å². The van der Waals surface area contributed by atoms with Gasteiger partial charge in [0.05, 0.1) is 18.4 Å². The van der Waals surface area contributed by atoms with Crippen molar-refractivity contribution in [3.8, 4) is 5.75 Å². The van der Waals surface area contributed by atoms with Crippen LogP contribution in [0.4, 0.5) is 5.69 Å². The number of nitrogens with zero attached hydrogens (tertiary/aromatic N) is 2. The Labute approximate surface area is 132 Å². The van der Waals surface area contributed by atoms with E-state index in [1.807, 2.05) is 6.07 Å². The second-order valence-electron chi connectivity index (χ2n) is 4.09. The van der Waals surface area contributed by atoms with Gasteiger partial charge in [-0.25, -0.2) is 5.43 Å². The smallest absolute Gasteiger partial charge is 0.221 e. The summed E-state index contributed by atoms with van der Waals surface area (Å²) in [6.07, 6.45) is 4.32. The quantitative estimate of drug-likeness (QED) is 0.853. The van der Waals surface area contributed by atoms with Crippen LogP contribution in [0.5, 0.6) is 5.75 Å². The molecule has 4 nitrogen and oxygen atoms in total. The van der Waals surface area contributed by atoms with E-state index in [2.05, 4.69) is 17.1 Å². The van der Waals surface area contributed by atoms with Gasteiger partial charge in [0.15, 0.2) is 0 Å². The van der Waals surface area contributed by atoms with Crippen molar-refractivity contribution in [2.24, 2.45) is 5.10 Å². The highest BCUT2D eigenvalue weighted by Gasteiger charge is 2.34. The second-order valence-corrected chi connectivity index (χ2v) is 6.37. The van der Waals surface area contributed by atoms with Gasteiger partial charge in [-0.1, -0.05) is 47.5 Å². The zero-order valence-corrected chi connectivity index (χ0v) is 13.1. The van der Waals surface area contributed by atoms with Crippen LogP contribution in [0.2, 0.25) is 0 Å². The Balaban J connectivity index is 2.69. The van der Waals surface area contributed by atoms with Crippen molar-refractivity contribution in [1.29, 1.82) is 0 Å². The van der Waals surface area contributed by atoms with Crippen LogP contribution < -0.4 is 15.3 Å². The molecular formula is C13H14Cl3N3O. The first-order valence-corrected chi connectivity index (χ1v) is 7.09. The summed E-state index contributed by atoms with van der Waals surface area (Å²) < 4.78 is 3.66. The summed E-state index contributed by atoms with van der Waals surface area (Å²) in [5.74, 6) is 0.480. The minimum absolute atomic E-state index is 0.425. The number of hydrogen-bond acceptors (Lipinski definition) is 4. The fourth-order valence-corrected chi connectivity index (χ4v) is 2.53. The standard InChI is InChI=1S/C13H14Cl3N3O/c1-3-9-5-6-10(20-2)11(13(14,15)16)12(9)19-17-7-4-8-18-19/h3,5-7,18H,1,4,8H2,2H3. The molecule has 108 valence electrons. The normalized spacial score (nSPS) is 15.3. The number of hydrazine groups is 1. The molecule has 0 radical (unpaired) electrons. The SMILES string of the molecule is C=Cc1ccc(OC)c(C(Cl)(Cl)Cl)c1N1N=CCCN1. The van der Waals surface area contributed by atoms with E-state index >= 15 is 0 Å². The molecule has 1 aliphatic heterocycles. The average Bonchev–Trinajstić information content (AvgIpc) is 2.45. The predicted octanol–water partition coefficient (Wildman–Crippen LogP) is 3.87. The highest BCUT2D eigenvalue weighted by molar-refractivity contribution is 6.67. The fraction of sp³-hybridized carbons (Fsp3) is 0.308. The number of nitrogens with one attached hydrogen (secondary N) is 1. The van der Waals surface area contributed by atoms with Crippen LogP contribution in [0.3, 0.4) is 0 Å². The van der Waals surface area contributed by atoms with Crippen LogP contribution in [0.1, 0.15) is 17.5 Å².